The van der Waals surface area contributed by atoms with Crippen LogP contribution in [0, 0.1) is 0 Å². The molecule has 1 aliphatic carbocycles. The van der Waals surface area contributed by atoms with E-state index in [9.17, 15) is 9.90 Å². The van der Waals surface area contributed by atoms with E-state index in [1.165, 1.54) is 0 Å². The molecule has 2 N–H and O–H groups in total. The van der Waals surface area contributed by atoms with E-state index in [1.807, 2.05) is 20.8 Å². The van der Waals surface area contributed by atoms with Crippen LogP contribution in [-0.4, -0.2) is 53.0 Å². The van der Waals surface area contributed by atoms with Crippen LogP contribution >= 0.6 is 0 Å². The van der Waals surface area contributed by atoms with Crippen LogP contribution in [0.25, 0.3) is 0 Å². The summed E-state index contributed by atoms with van der Waals surface area (Å²) in [5, 5.41) is 13.1. The van der Waals surface area contributed by atoms with Gasteiger partial charge in [-0.3, -0.25) is 0 Å². The number of aliphatic hydroxyl groups is 1. The third kappa shape index (κ3) is 4.63. The zero-order valence-corrected chi connectivity index (χ0v) is 12.9. The van der Waals surface area contributed by atoms with Gasteiger partial charge >= 0.3 is 6.09 Å². The normalized spacial score (nSPS) is 24.0. The highest BCUT2D eigenvalue weighted by Gasteiger charge is 2.37. The number of rotatable bonds is 3. The minimum atomic E-state index is -0.446. The van der Waals surface area contributed by atoms with Crippen LogP contribution in [0.1, 0.15) is 52.9 Å². The lowest BCUT2D eigenvalue weighted by Crippen LogP contribution is -2.52. The fourth-order valence-electron chi connectivity index (χ4n) is 2.87. The number of nitrogens with zero attached hydrogens (tertiary/aromatic N) is 1. The molecule has 0 aromatic rings. The lowest BCUT2D eigenvalue weighted by atomic mass is 9.79. The molecule has 1 saturated heterocycles. The number of piperidine rings is 1. The molecule has 5 heteroatoms. The Bertz CT molecular complexity index is 340. The zero-order valence-electron chi connectivity index (χ0n) is 12.9. The van der Waals surface area contributed by atoms with E-state index in [0.717, 1.165) is 51.7 Å². The van der Waals surface area contributed by atoms with Gasteiger partial charge in [-0.15, -0.1) is 0 Å². The highest BCUT2D eigenvalue weighted by molar-refractivity contribution is 5.68. The molecule has 0 aromatic heterocycles. The highest BCUT2D eigenvalue weighted by atomic mass is 16.6. The molecule has 20 heavy (non-hydrogen) atoms. The van der Waals surface area contributed by atoms with Crippen LogP contribution in [0.3, 0.4) is 0 Å². The van der Waals surface area contributed by atoms with Crippen LogP contribution in [0.2, 0.25) is 0 Å². The van der Waals surface area contributed by atoms with Crippen LogP contribution in [0.15, 0.2) is 0 Å². The summed E-state index contributed by atoms with van der Waals surface area (Å²) in [4.78, 5) is 14.0. The van der Waals surface area contributed by atoms with E-state index in [1.54, 1.807) is 0 Å². The summed E-state index contributed by atoms with van der Waals surface area (Å²) in [5.41, 5.74) is -0.885. The summed E-state index contributed by atoms with van der Waals surface area (Å²) in [5.74, 6) is 0. The van der Waals surface area contributed by atoms with Crippen molar-refractivity contribution in [1.82, 2.24) is 10.2 Å². The number of hydrogen-bond acceptors (Lipinski definition) is 4. The maximum absolute atomic E-state index is 11.7. The van der Waals surface area contributed by atoms with Crippen LogP contribution in [0.4, 0.5) is 4.79 Å². The number of likely N-dealkylation sites (tertiary alicyclic amines) is 1. The van der Waals surface area contributed by atoms with Gasteiger partial charge in [0.1, 0.15) is 5.60 Å². The summed E-state index contributed by atoms with van der Waals surface area (Å²) in [6.45, 7) is 8.26. The molecule has 116 valence electrons. The number of hydrogen-bond donors (Lipinski definition) is 2. The Kier molecular flexibility index (Phi) is 4.59. The van der Waals surface area contributed by atoms with Gasteiger partial charge in [0, 0.05) is 25.7 Å². The second-order valence-electron chi connectivity index (χ2n) is 7.27. The quantitative estimate of drug-likeness (QED) is 0.831. The molecular weight excluding hydrogens is 256 g/mol. The minimum Gasteiger partial charge on any atom is -0.444 e. The predicted octanol–water partition coefficient (Wildman–Crippen LogP) is 1.89. The average Bonchev–Trinajstić information content (AvgIpc) is 2.27. The van der Waals surface area contributed by atoms with Crippen molar-refractivity contribution in [3.8, 4) is 0 Å². The number of nitrogens with one attached hydrogen (secondary N) is 1. The third-order valence-electron chi connectivity index (χ3n) is 4.11. The van der Waals surface area contributed by atoms with Gasteiger partial charge in [0.05, 0.1) is 5.60 Å². The molecule has 1 heterocycles. The molecular formula is C15H28N2O3. The number of alkyl carbamates (subject to hydrolysis) is 1. The van der Waals surface area contributed by atoms with Crippen molar-refractivity contribution in [2.24, 2.45) is 0 Å². The molecule has 0 atom stereocenters. The summed E-state index contributed by atoms with van der Waals surface area (Å²) >= 11 is 0. The third-order valence-corrected chi connectivity index (χ3v) is 4.11. The zero-order chi connectivity index (χ0) is 14.8. The van der Waals surface area contributed by atoms with E-state index >= 15 is 0 Å². The predicted molar refractivity (Wildman–Crippen MR) is 77.6 cm³/mol. The first-order valence-electron chi connectivity index (χ1n) is 7.70. The van der Waals surface area contributed by atoms with Crippen molar-refractivity contribution < 1.29 is 14.6 Å². The molecule has 0 radical (unpaired) electrons. The molecule has 2 fully saturated rings. The summed E-state index contributed by atoms with van der Waals surface area (Å²) < 4.78 is 5.27. The smallest absolute Gasteiger partial charge is 0.407 e. The van der Waals surface area contributed by atoms with Gasteiger partial charge in [-0.25, -0.2) is 4.79 Å². The Morgan fingerprint density at radius 2 is 1.95 bits per heavy atom. The van der Waals surface area contributed by atoms with E-state index in [2.05, 4.69) is 10.2 Å². The second-order valence-corrected chi connectivity index (χ2v) is 7.27. The topological polar surface area (TPSA) is 61.8 Å². The van der Waals surface area contributed by atoms with Crippen molar-refractivity contribution >= 4 is 6.09 Å². The average molecular weight is 284 g/mol. The molecule has 5 nitrogen and oxygen atoms in total. The van der Waals surface area contributed by atoms with Crippen molar-refractivity contribution in [1.29, 1.82) is 0 Å². The lowest BCUT2D eigenvalue weighted by Gasteiger charge is -2.42. The van der Waals surface area contributed by atoms with Crippen molar-refractivity contribution in [2.45, 2.75) is 70.1 Å². The van der Waals surface area contributed by atoms with Gasteiger partial charge in [0.2, 0.25) is 0 Å². The maximum Gasteiger partial charge on any atom is 0.407 e. The van der Waals surface area contributed by atoms with Crippen LogP contribution in [0.5, 0.6) is 0 Å². The first-order valence-corrected chi connectivity index (χ1v) is 7.70. The van der Waals surface area contributed by atoms with Crippen molar-refractivity contribution in [3.05, 3.63) is 0 Å². The van der Waals surface area contributed by atoms with Gasteiger partial charge in [-0.2, -0.15) is 0 Å². The van der Waals surface area contributed by atoms with Gasteiger partial charge < -0.3 is 20.1 Å². The van der Waals surface area contributed by atoms with Crippen molar-refractivity contribution in [2.75, 3.05) is 19.6 Å². The van der Waals surface area contributed by atoms with E-state index in [0.29, 0.717) is 0 Å². The fourth-order valence-corrected chi connectivity index (χ4v) is 2.87. The number of amides is 1. The molecule has 1 amide bonds. The van der Waals surface area contributed by atoms with Gasteiger partial charge in [0.25, 0.3) is 0 Å². The Morgan fingerprint density at radius 3 is 2.40 bits per heavy atom. The molecule has 2 rings (SSSR count). The minimum absolute atomic E-state index is 0.192. The van der Waals surface area contributed by atoms with E-state index in [4.69, 9.17) is 4.74 Å². The fraction of sp³-hybridized carbons (Fsp3) is 0.933. The molecule has 0 spiro atoms. The second kappa shape index (κ2) is 5.90. The summed E-state index contributed by atoms with van der Waals surface area (Å²) in [6, 6.07) is 0.192. The number of β-amino-alcohol motifs (C(OH)–C–C–N with tert-alkyl or cyclic N) is 1. The molecule has 1 aliphatic heterocycles. The number of carbonyl (C=O) groups is 1. The van der Waals surface area contributed by atoms with E-state index in [-0.39, 0.29) is 12.1 Å². The Labute approximate surface area is 121 Å². The standard InChI is InChI=1S/C15H28N2O3/c1-14(2,3)20-13(18)16-12-5-9-17(10-6-12)11-15(19)7-4-8-15/h12,19H,4-11H2,1-3H3,(H,16,18). The molecule has 0 unspecified atom stereocenters. The van der Waals surface area contributed by atoms with Crippen LogP contribution < -0.4 is 5.32 Å². The first kappa shape index (κ1) is 15.6. The Balaban J connectivity index is 1.67. The summed E-state index contributed by atoms with van der Waals surface area (Å²) in [7, 11) is 0. The van der Waals surface area contributed by atoms with Gasteiger partial charge in [0.15, 0.2) is 0 Å². The van der Waals surface area contributed by atoms with Crippen LogP contribution in [-0.2, 0) is 4.74 Å². The molecule has 0 bridgehead atoms. The number of carbonyl (C=O) groups excluding carboxylic acids is 1. The molecule has 1 saturated carbocycles. The van der Waals surface area contributed by atoms with E-state index < -0.39 is 11.2 Å². The molecule has 2 aliphatic rings. The largest absolute Gasteiger partial charge is 0.444 e. The SMILES string of the molecule is CC(C)(C)OC(=O)NC1CCN(CC2(O)CCC2)CC1. The number of ether oxygens (including phenoxy) is 1. The lowest BCUT2D eigenvalue weighted by molar-refractivity contribution is -0.0627. The maximum atomic E-state index is 11.7. The molecule has 0 aromatic carbocycles. The highest BCUT2D eigenvalue weighted by Crippen LogP contribution is 2.32. The Morgan fingerprint density at radius 1 is 1.35 bits per heavy atom. The van der Waals surface area contributed by atoms with Crippen molar-refractivity contribution in [3.63, 3.8) is 0 Å². The van der Waals surface area contributed by atoms with Gasteiger partial charge in [-0.05, 0) is 52.9 Å². The monoisotopic (exact) mass is 284 g/mol. The Hall–Kier alpha value is -0.810. The first-order chi connectivity index (χ1) is 9.26. The summed E-state index contributed by atoms with van der Waals surface area (Å²) in [6.07, 6.45) is 4.54. The van der Waals surface area contributed by atoms with Gasteiger partial charge in [-0.1, -0.05) is 0 Å².